The lowest BCUT2D eigenvalue weighted by Crippen LogP contribution is -2.50. The first kappa shape index (κ1) is 32.5. The van der Waals surface area contributed by atoms with Gasteiger partial charge in [-0.1, -0.05) is 31.4 Å². The van der Waals surface area contributed by atoms with Crippen LogP contribution in [0.1, 0.15) is 40.0 Å². The number of carbonyl (C=O) groups excluding carboxylic acids is 3. The summed E-state index contributed by atoms with van der Waals surface area (Å²) in [7, 11) is 0. The number of halogens is 3. The molecule has 12 heteroatoms. The Hall–Kier alpha value is -4.70. The van der Waals surface area contributed by atoms with Crippen molar-refractivity contribution in [2.45, 2.75) is 26.2 Å². The molecule has 1 atom stereocenters. The van der Waals surface area contributed by atoms with Crippen LogP contribution in [0.2, 0.25) is 0 Å². The Morgan fingerprint density at radius 2 is 1.44 bits per heavy atom. The van der Waals surface area contributed by atoms with Gasteiger partial charge in [0.2, 0.25) is 5.91 Å². The second kappa shape index (κ2) is 15.2. The van der Waals surface area contributed by atoms with Gasteiger partial charge < -0.3 is 21.7 Å². The lowest BCUT2D eigenvalue weighted by molar-refractivity contribution is -0.137. The first-order valence-corrected chi connectivity index (χ1v) is 11.9. The largest absolute Gasteiger partial charge is 0.416 e. The fourth-order valence-electron chi connectivity index (χ4n) is 3.37. The third-order valence-electron chi connectivity index (χ3n) is 5.53. The minimum Gasteiger partial charge on any atom is -0.339 e. The van der Waals surface area contributed by atoms with E-state index in [1.807, 2.05) is 0 Å². The van der Waals surface area contributed by atoms with Crippen LogP contribution in [0.25, 0.3) is 0 Å². The monoisotopic (exact) mass is 569 g/mol. The SMILES string of the molecule is C.NC[C@H](NC(=O)c1ccc(C#Cc2ccc(NC(=O)CNCc3ccc(C(F)(F)F)cc3)cc2)cc1)C(=O)NO. The third-order valence-corrected chi connectivity index (χ3v) is 5.53. The van der Waals surface area contributed by atoms with Gasteiger partial charge in [0.05, 0.1) is 12.1 Å². The number of hydroxylamine groups is 1. The quantitative estimate of drug-likeness (QED) is 0.133. The molecule has 0 fully saturated rings. The normalized spacial score (nSPS) is 11.2. The van der Waals surface area contributed by atoms with Crippen LogP contribution in [0.15, 0.2) is 72.8 Å². The van der Waals surface area contributed by atoms with Crippen molar-refractivity contribution >= 4 is 23.4 Å². The molecule has 0 aliphatic carbocycles. The molecule has 3 rings (SSSR count). The molecule has 216 valence electrons. The van der Waals surface area contributed by atoms with E-state index in [0.717, 1.165) is 12.1 Å². The molecule has 3 aromatic carbocycles. The van der Waals surface area contributed by atoms with Crippen molar-refractivity contribution in [2.24, 2.45) is 5.73 Å². The minimum absolute atomic E-state index is 0. The Labute approximate surface area is 235 Å². The van der Waals surface area contributed by atoms with Gasteiger partial charge in [-0.05, 0) is 66.2 Å². The second-order valence-corrected chi connectivity index (χ2v) is 8.49. The summed E-state index contributed by atoms with van der Waals surface area (Å²) in [6.07, 6.45) is -4.39. The summed E-state index contributed by atoms with van der Waals surface area (Å²) in [5, 5.41) is 16.7. The summed E-state index contributed by atoms with van der Waals surface area (Å²) in [4.78, 5) is 35.9. The molecular formula is C29H30F3N5O4. The average molecular weight is 570 g/mol. The van der Waals surface area contributed by atoms with Crippen LogP contribution in [-0.2, 0) is 22.3 Å². The molecule has 9 nitrogen and oxygen atoms in total. The van der Waals surface area contributed by atoms with E-state index >= 15 is 0 Å². The number of alkyl halides is 3. The number of hydrogen-bond donors (Lipinski definition) is 6. The fraction of sp³-hybridized carbons (Fsp3) is 0.207. The summed E-state index contributed by atoms with van der Waals surface area (Å²) >= 11 is 0. The van der Waals surface area contributed by atoms with Crippen LogP contribution in [-0.4, -0.2) is 42.1 Å². The number of nitrogens with two attached hydrogens (primary N) is 1. The standard InChI is InChI=1S/C28H26F3N5O4.CH4/c29-28(30,31)22-11-5-20(6-12-22)16-33-17-25(37)34-23-13-7-19(8-14-23)2-1-18-3-9-21(10-4-18)26(38)35-24(15-32)27(39)36-40;/h3-14,24,33,40H,15-17,32H2,(H,34,37)(H,35,38)(H,36,39);1H4/t24-;/m0./s1. The maximum Gasteiger partial charge on any atom is 0.416 e. The molecule has 0 heterocycles. The number of benzene rings is 3. The number of carbonyl (C=O) groups is 3. The lowest BCUT2D eigenvalue weighted by atomic mass is 10.1. The Bertz CT molecular complexity index is 1380. The van der Waals surface area contributed by atoms with Gasteiger partial charge in [-0.25, -0.2) is 5.48 Å². The van der Waals surface area contributed by atoms with Crippen molar-refractivity contribution in [2.75, 3.05) is 18.4 Å². The molecule has 7 N–H and O–H groups in total. The van der Waals surface area contributed by atoms with Gasteiger partial charge in [0, 0.05) is 35.5 Å². The highest BCUT2D eigenvalue weighted by atomic mass is 19.4. The highest BCUT2D eigenvalue weighted by Crippen LogP contribution is 2.29. The van der Waals surface area contributed by atoms with E-state index in [1.165, 1.54) is 29.7 Å². The molecule has 0 spiro atoms. The Kier molecular flexibility index (Phi) is 12.0. The molecular weight excluding hydrogens is 539 g/mol. The second-order valence-electron chi connectivity index (χ2n) is 8.49. The number of anilines is 1. The van der Waals surface area contributed by atoms with E-state index in [9.17, 15) is 27.6 Å². The predicted molar refractivity (Wildman–Crippen MR) is 148 cm³/mol. The third kappa shape index (κ3) is 10.1. The van der Waals surface area contributed by atoms with Crippen molar-refractivity contribution in [1.29, 1.82) is 0 Å². The maximum absolute atomic E-state index is 12.6. The summed E-state index contributed by atoms with van der Waals surface area (Å²) < 4.78 is 37.9. The van der Waals surface area contributed by atoms with Crippen LogP contribution < -0.4 is 27.2 Å². The van der Waals surface area contributed by atoms with Gasteiger partial charge in [0.15, 0.2) is 0 Å². The number of amides is 3. The smallest absolute Gasteiger partial charge is 0.339 e. The summed E-state index contributed by atoms with van der Waals surface area (Å²) in [6, 6.07) is 16.8. The molecule has 0 saturated carbocycles. The van der Waals surface area contributed by atoms with E-state index in [0.29, 0.717) is 22.4 Å². The zero-order chi connectivity index (χ0) is 29.1. The molecule has 3 amide bonds. The Morgan fingerprint density at radius 3 is 1.95 bits per heavy atom. The molecule has 0 saturated heterocycles. The first-order valence-electron chi connectivity index (χ1n) is 11.9. The van der Waals surface area contributed by atoms with Gasteiger partial charge in [-0.2, -0.15) is 13.2 Å². The molecule has 3 aromatic rings. The molecule has 0 radical (unpaired) electrons. The molecule has 0 aliphatic rings. The highest BCUT2D eigenvalue weighted by Gasteiger charge is 2.29. The average Bonchev–Trinajstić information content (AvgIpc) is 2.95. The fourth-order valence-corrected chi connectivity index (χ4v) is 3.37. The molecule has 0 aliphatic heterocycles. The predicted octanol–water partition coefficient (Wildman–Crippen LogP) is 3.03. The van der Waals surface area contributed by atoms with Crippen molar-refractivity contribution in [3.05, 3.63) is 101 Å². The summed E-state index contributed by atoms with van der Waals surface area (Å²) in [6.45, 7) is 0.0197. The number of rotatable bonds is 9. The first-order chi connectivity index (χ1) is 19.1. The molecule has 41 heavy (non-hydrogen) atoms. The van der Waals surface area contributed by atoms with Gasteiger partial charge in [-0.15, -0.1) is 0 Å². The van der Waals surface area contributed by atoms with Gasteiger partial charge >= 0.3 is 6.18 Å². The van der Waals surface area contributed by atoms with Crippen LogP contribution in [0.4, 0.5) is 18.9 Å². The maximum atomic E-state index is 12.6. The van der Waals surface area contributed by atoms with E-state index < -0.39 is 29.6 Å². The minimum atomic E-state index is -4.39. The Morgan fingerprint density at radius 1 is 0.878 bits per heavy atom. The van der Waals surface area contributed by atoms with Crippen molar-refractivity contribution in [3.63, 3.8) is 0 Å². The number of hydrogen-bond acceptors (Lipinski definition) is 6. The van der Waals surface area contributed by atoms with Crippen LogP contribution in [0.5, 0.6) is 0 Å². The van der Waals surface area contributed by atoms with Gasteiger partial charge in [0.1, 0.15) is 6.04 Å². The molecule has 0 bridgehead atoms. The van der Waals surface area contributed by atoms with Crippen LogP contribution >= 0.6 is 0 Å². The van der Waals surface area contributed by atoms with Crippen molar-refractivity contribution < 1.29 is 32.8 Å². The Balaban J connectivity index is 0.00000588. The highest BCUT2D eigenvalue weighted by molar-refractivity contribution is 5.97. The topological polar surface area (TPSA) is 146 Å². The summed E-state index contributed by atoms with van der Waals surface area (Å²) in [5.41, 5.74) is 8.91. The van der Waals surface area contributed by atoms with E-state index in [4.69, 9.17) is 10.9 Å². The molecule has 0 aromatic heterocycles. The summed E-state index contributed by atoms with van der Waals surface area (Å²) in [5.74, 6) is 4.27. The van der Waals surface area contributed by atoms with E-state index in [1.54, 1.807) is 36.4 Å². The number of nitrogens with one attached hydrogen (secondary N) is 4. The van der Waals surface area contributed by atoms with Gasteiger partial charge in [0.25, 0.3) is 11.8 Å². The zero-order valence-corrected chi connectivity index (χ0v) is 21.0. The van der Waals surface area contributed by atoms with Crippen LogP contribution in [0, 0.1) is 11.8 Å². The van der Waals surface area contributed by atoms with E-state index in [2.05, 4.69) is 27.8 Å². The van der Waals surface area contributed by atoms with Gasteiger partial charge in [-0.3, -0.25) is 19.6 Å². The van der Waals surface area contributed by atoms with Crippen molar-refractivity contribution in [3.8, 4) is 11.8 Å². The molecule has 0 unspecified atom stereocenters. The lowest BCUT2D eigenvalue weighted by Gasteiger charge is -2.14. The van der Waals surface area contributed by atoms with Crippen LogP contribution in [0.3, 0.4) is 0 Å². The van der Waals surface area contributed by atoms with Crippen molar-refractivity contribution in [1.82, 2.24) is 16.1 Å². The zero-order valence-electron chi connectivity index (χ0n) is 21.0. The van der Waals surface area contributed by atoms with E-state index in [-0.39, 0.29) is 38.5 Å².